The molecule has 7 heteroatoms. The van der Waals surface area contributed by atoms with Crippen molar-refractivity contribution in [2.24, 2.45) is 0 Å². The second kappa shape index (κ2) is 6.88. The van der Waals surface area contributed by atoms with Crippen LogP contribution in [0.4, 0.5) is 20.2 Å². The van der Waals surface area contributed by atoms with Crippen LogP contribution in [0.5, 0.6) is 5.75 Å². The number of carbonyl (C=O) groups excluding carboxylic acids is 2. The number of imide groups is 1. The zero-order valence-electron chi connectivity index (χ0n) is 13.5. The number of amides is 2. The standard InChI is InChI=1S/C18H16F2N2O3/c1-2-25-13-6-4-12(5-7-13)22-17(23)10-16(18(22)24)21-11-3-8-14(19)15(20)9-11/h3-9,16,21H,2,10H2,1H3/t16-/m0/s1. The van der Waals surface area contributed by atoms with Crippen molar-refractivity contribution >= 4 is 23.2 Å². The normalized spacial score (nSPS) is 17.1. The first-order valence-corrected chi connectivity index (χ1v) is 7.81. The second-order valence-electron chi connectivity index (χ2n) is 5.52. The molecule has 2 aromatic carbocycles. The Labute approximate surface area is 143 Å². The molecule has 2 aromatic rings. The minimum absolute atomic E-state index is 0.0644. The zero-order chi connectivity index (χ0) is 18.0. The molecule has 2 amide bonds. The van der Waals surface area contributed by atoms with Crippen LogP contribution in [0.2, 0.25) is 0 Å². The molecular weight excluding hydrogens is 330 g/mol. The molecule has 0 aliphatic carbocycles. The van der Waals surface area contributed by atoms with Crippen molar-refractivity contribution in [1.29, 1.82) is 0 Å². The van der Waals surface area contributed by atoms with Gasteiger partial charge in [0.05, 0.1) is 18.7 Å². The van der Waals surface area contributed by atoms with Crippen molar-refractivity contribution < 1.29 is 23.1 Å². The largest absolute Gasteiger partial charge is 0.494 e. The predicted molar refractivity (Wildman–Crippen MR) is 88.5 cm³/mol. The number of anilines is 2. The van der Waals surface area contributed by atoms with Gasteiger partial charge in [-0.15, -0.1) is 0 Å². The number of halogens is 2. The maximum absolute atomic E-state index is 13.3. The molecule has 1 atom stereocenters. The fourth-order valence-electron chi connectivity index (χ4n) is 2.66. The number of hydrogen-bond donors (Lipinski definition) is 1. The second-order valence-corrected chi connectivity index (χ2v) is 5.52. The van der Waals surface area contributed by atoms with E-state index in [1.807, 2.05) is 6.92 Å². The van der Waals surface area contributed by atoms with Crippen molar-refractivity contribution in [3.8, 4) is 5.75 Å². The van der Waals surface area contributed by atoms with Gasteiger partial charge in [0.1, 0.15) is 11.8 Å². The molecule has 1 heterocycles. The van der Waals surface area contributed by atoms with Crippen molar-refractivity contribution in [3.05, 3.63) is 54.1 Å². The topological polar surface area (TPSA) is 58.6 Å². The highest BCUT2D eigenvalue weighted by molar-refractivity contribution is 6.23. The Morgan fingerprint density at radius 2 is 1.84 bits per heavy atom. The molecule has 0 spiro atoms. The van der Waals surface area contributed by atoms with Gasteiger partial charge in [0, 0.05) is 11.8 Å². The van der Waals surface area contributed by atoms with Crippen LogP contribution in [-0.2, 0) is 9.59 Å². The van der Waals surface area contributed by atoms with E-state index in [-0.39, 0.29) is 18.0 Å². The molecule has 3 rings (SSSR count). The average Bonchev–Trinajstić information content (AvgIpc) is 2.86. The molecule has 1 aliphatic rings. The van der Waals surface area contributed by atoms with E-state index in [2.05, 4.69) is 5.32 Å². The highest BCUT2D eigenvalue weighted by Crippen LogP contribution is 2.27. The molecule has 25 heavy (non-hydrogen) atoms. The summed E-state index contributed by atoms with van der Waals surface area (Å²) in [6.45, 7) is 2.37. The first-order valence-electron chi connectivity index (χ1n) is 7.81. The van der Waals surface area contributed by atoms with Gasteiger partial charge in [0.25, 0.3) is 5.91 Å². The Balaban J connectivity index is 1.76. The average molecular weight is 346 g/mol. The molecule has 0 radical (unpaired) electrons. The summed E-state index contributed by atoms with van der Waals surface area (Å²) >= 11 is 0. The Kier molecular flexibility index (Phi) is 4.65. The quantitative estimate of drug-likeness (QED) is 0.845. The van der Waals surface area contributed by atoms with E-state index in [1.165, 1.54) is 6.07 Å². The van der Waals surface area contributed by atoms with Crippen LogP contribution in [-0.4, -0.2) is 24.5 Å². The lowest BCUT2D eigenvalue weighted by Crippen LogP contribution is -2.34. The van der Waals surface area contributed by atoms with Crippen LogP contribution in [0, 0.1) is 11.6 Å². The molecule has 1 aliphatic heterocycles. The van der Waals surface area contributed by atoms with Crippen molar-refractivity contribution in [1.82, 2.24) is 0 Å². The minimum atomic E-state index is -1.02. The van der Waals surface area contributed by atoms with E-state index in [0.717, 1.165) is 17.0 Å². The van der Waals surface area contributed by atoms with Gasteiger partial charge in [0.15, 0.2) is 11.6 Å². The highest BCUT2D eigenvalue weighted by atomic mass is 19.2. The van der Waals surface area contributed by atoms with E-state index in [9.17, 15) is 18.4 Å². The number of benzene rings is 2. The number of nitrogens with zero attached hydrogens (tertiary/aromatic N) is 1. The van der Waals surface area contributed by atoms with E-state index in [4.69, 9.17) is 4.74 Å². The van der Waals surface area contributed by atoms with Crippen LogP contribution in [0.1, 0.15) is 13.3 Å². The fraction of sp³-hybridized carbons (Fsp3) is 0.222. The summed E-state index contributed by atoms with van der Waals surface area (Å²) < 4.78 is 31.6. The van der Waals surface area contributed by atoms with E-state index in [1.54, 1.807) is 24.3 Å². The lowest BCUT2D eigenvalue weighted by Gasteiger charge is -2.16. The third-order valence-electron chi connectivity index (χ3n) is 3.81. The van der Waals surface area contributed by atoms with E-state index < -0.39 is 23.6 Å². The number of hydrogen-bond acceptors (Lipinski definition) is 4. The summed E-state index contributed by atoms with van der Waals surface area (Å²) in [4.78, 5) is 25.8. The number of nitrogens with one attached hydrogen (secondary N) is 1. The van der Waals surface area contributed by atoms with Gasteiger partial charge >= 0.3 is 0 Å². The Hall–Kier alpha value is -2.96. The van der Waals surface area contributed by atoms with Gasteiger partial charge in [-0.1, -0.05) is 0 Å². The predicted octanol–water partition coefficient (Wildman–Crippen LogP) is 3.11. The maximum atomic E-state index is 13.3. The fourth-order valence-corrected chi connectivity index (χ4v) is 2.66. The summed E-state index contributed by atoms with van der Waals surface area (Å²) in [6.07, 6.45) is -0.0644. The van der Waals surface area contributed by atoms with Gasteiger partial charge in [-0.05, 0) is 43.3 Å². The summed E-state index contributed by atoms with van der Waals surface area (Å²) in [5, 5.41) is 2.78. The smallest absolute Gasteiger partial charge is 0.256 e. The number of carbonyl (C=O) groups is 2. The van der Waals surface area contributed by atoms with E-state index >= 15 is 0 Å². The molecule has 0 saturated carbocycles. The third kappa shape index (κ3) is 3.45. The lowest BCUT2D eigenvalue weighted by atomic mass is 10.2. The Bertz CT molecular complexity index is 808. The molecule has 0 unspecified atom stereocenters. The summed E-state index contributed by atoms with van der Waals surface area (Å²) in [5.41, 5.74) is 0.673. The van der Waals surface area contributed by atoms with Gasteiger partial charge < -0.3 is 10.1 Å². The Morgan fingerprint density at radius 3 is 2.48 bits per heavy atom. The SMILES string of the molecule is CCOc1ccc(N2C(=O)C[C@H](Nc3ccc(F)c(F)c3)C2=O)cc1. The maximum Gasteiger partial charge on any atom is 0.256 e. The first kappa shape index (κ1) is 16.9. The molecular formula is C18H16F2N2O3. The van der Waals surface area contributed by atoms with Gasteiger partial charge in [0.2, 0.25) is 5.91 Å². The van der Waals surface area contributed by atoms with Gasteiger partial charge in [-0.3, -0.25) is 9.59 Å². The number of rotatable bonds is 5. The van der Waals surface area contributed by atoms with Crippen LogP contribution >= 0.6 is 0 Å². The zero-order valence-corrected chi connectivity index (χ0v) is 13.5. The van der Waals surface area contributed by atoms with Gasteiger partial charge in [-0.2, -0.15) is 0 Å². The van der Waals surface area contributed by atoms with Crippen molar-refractivity contribution in [2.75, 3.05) is 16.8 Å². The Morgan fingerprint density at radius 1 is 1.12 bits per heavy atom. The third-order valence-corrected chi connectivity index (χ3v) is 3.81. The molecule has 130 valence electrons. The van der Waals surface area contributed by atoms with Crippen LogP contribution < -0.4 is 15.0 Å². The monoisotopic (exact) mass is 346 g/mol. The van der Waals surface area contributed by atoms with Crippen LogP contribution in [0.25, 0.3) is 0 Å². The number of ether oxygens (including phenoxy) is 1. The van der Waals surface area contributed by atoms with Crippen molar-refractivity contribution in [3.63, 3.8) is 0 Å². The molecule has 5 nitrogen and oxygen atoms in total. The van der Waals surface area contributed by atoms with Crippen LogP contribution in [0.3, 0.4) is 0 Å². The summed E-state index contributed by atoms with van der Waals surface area (Å²) in [6, 6.07) is 9.00. The first-order chi connectivity index (χ1) is 12.0. The molecule has 1 fully saturated rings. The van der Waals surface area contributed by atoms with Crippen molar-refractivity contribution in [2.45, 2.75) is 19.4 Å². The molecule has 1 saturated heterocycles. The molecule has 0 aromatic heterocycles. The van der Waals surface area contributed by atoms with Gasteiger partial charge in [-0.25, -0.2) is 13.7 Å². The molecule has 1 N–H and O–H groups in total. The van der Waals surface area contributed by atoms with E-state index in [0.29, 0.717) is 18.0 Å². The van der Waals surface area contributed by atoms with Crippen LogP contribution in [0.15, 0.2) is 42.5 Å². The minimum Gasteiger partial charge on any atom is -0.494 e. The molecule has 0 bridgehead atoms. The lowest BCUT2D eigenvalue weighted by molar-refractivity contribution is -0.121. The highest BCUT2D eigenvalue weighted by Gasteiger charge is 2.39. The summed E-state index contributed by atoms with van der Waals surface area (Å²) in [7, 11) is 0. The summed E-state index contributed by atoms with van der Waals surface area (Å²) in [5.74, 6) is -2.17.